The van der Waals surface area contributed by atoms with E-state index in [4.69, 9.17) is 4.74 Å². The fourth-order valence-corrected chi connectivity index (χ4v) is 3.20. The maximum Gasteiger partial charge on any atom is 0.222 e. The molecular weight excluding hydrogens is 292 g/mol. The summed E-state index contributed by atoms with van der Waals surface area (Å²) in [5, 5.41) is 13.1. The van der Waals surface area contributed by atoms with Crippen LogP contribution in [0, 0.1) is 5.41 Å². The molecule has 0 bridgehead atoms. The zero-order valence-electron chi connectivity index (χ0n) is 14.6. The van der Waals surface area contributed by atoms with Gasteiger partial charge in [0.2, 0.25) is 5.95 Å². The van der Waals surface area contributed by atoms with Gasteiger partial charge in [-0.25, -0.2) is 9.97 Å². The number of aliphatic hydroxyl groups excluding tert-OH is 1. The molecule has 1 aromatic rings. The fraction of sp³-hybridized carbons (Fsp3) is 0.765. The molecule has 1 unspecified atom stereocenters. The maximum absolute atomic E-state index is 9.86. The zero-order chi connectivity index (χ0) is 16.7. The molecule has 0 aliphatic carbocycles. The quantitative estimate of drug-likeness (QED) is 0.762. The topological polar surface area (TPSA) is 70.5 Å². The van der Waals surface area contributed by atoms with E-state index in [2.05, 4.69) is 34.0 Å². The van der Waals surface area contributed by atoms with Gasteiger partial charge in [0.05, 0.1) is 6.61 Å². The van der Waals surface area contributed by atoms with Crippen LogP contribution in [-0.2, 0) is 11.3 Å². The highest BCUT2D eigenvalue weighted by Crippen LogP contribution is 2.33. The first-order valence-electron chi connectivity index (χ1n) is 8.46. The maximum atomic E-state index is 9.86. The molecule has 1 aromatic heterocycles. The molecule has 2 rings (SSSR count). The fourth-order valence-electron chi connectivity index (χ4n) is 3.20. The van der Waals surface area contributed by atoms with Crippen LogP contribution in [0.25, 0.3) is 0 Å². The number of aliphatic hydroxyl groups is 1. The second-order valence-corrected chi connectivity index (χ2v) is 6.93. The number of aromatic nitrogens is 2. The van der Waals surface area contributed by atoms with Crippen LogP contribution in [0.5, 0.6) is 0 Å². The second kappa shape index (κ2) is 8.57. The Bertz CT molecular complexity index is 466. The Morgan fingerprint density at radius 1 is 1.39 bits per heavy atom. The summed E-state index contributed by atoms with van der Waals surface area (Å²) in [6.45, 7) is 7.85. The number of hydrogen-bond donors (Lipinski definition) is 2. The summed E-state index contributed by atoms with van der Waals surface area (Å²) in [7, 11) is 1.72. The molecule has 0 aromatic carbocycles. The lowest BCUT2D eigenvalue weighted by atomic mass is 9.78. The molecule has 23 heavy (non-hydrogen) atoms. The first-order valence-corrected chi connectivity index (χ1v) is 8.46. The van der Waals surface area contributed by atoms with Crippen LogP contribution in [0.15, 0.2) is 12.4 Å². The van der Waals surface area contributed by atoms with Gasteiger partial charge in [0, 0.05) is 56.2 Å². The van der Waals surface area contributed by atoms with Crippen molar-refractivity contribution >= 4 is 5.95 Å². The summed E-state index contributed by atoms with van der Waals surface area (Å²) in [6.07, 6.45) is 6.86. The average Bonchev–Trinajstić information content (AvgIpc) is 2.55. The molecular formula is C17H30N4O2. The molecule has 1 aliphatic rings. The number of ether oxygens (including phenoxy) is 1. The lowest BCUT2D eigenvalue weighted by Gasteiger charge is -2.41. The van der Waals surface area contributed by atoms with Crippen LogP contribution in [0.2, 0.25) is 0 Å². The number of anilines is 1. The van der Waals surface area contributed by atoms with E-state index >= 15 is 0 Å². The van der Waals surface area contributed by atoms with Gasteiger partial charge in [0.1, 0.15) is 0 Å². The van der Waals surface area contributed by atoms with Crippen molar-refractivity contribution in [2.45, 2.75) is 45.7 Å². The van der Waals surface area contributed by atoms with Crippen LogP contribution in [0.1, 0.15) is 38.7 Å². The third kappa shape index (κ3) is 5.41. The van der Waals surface area contributed by atoms with Gasteiger partial charge >= 0.3 is 0 Å². The van der Waals surface area contributed by atoms with Gasteiger partial charge in [-0.1, -0.05) is 0 Å². The molecule has 2 heterocycles. The smallest absolute Gasteiger partial charge is 0.222 e. The average molecular weight is 322 g/mol. The van der Waals surface area contributed by atoms with Crippen molar-refractivity contribution < 1.29 is 9.84 Å². The van der Waals surface area contributed by atoms with E-state index in [9.17, 15) is 5.11 Å². The van der Waals surface area contributed by atoms with Crippen LogP contribution in [0.3, 0.4) is 0 Å². The minimum absolute atomic E-state index is 0.0335. The van der Waals surface area contributed by atoms with E-state index in [1.807, 2.05) is 12.4 Å². The molecule has 130 valence electrons. The van der Waals surface area contributed by atoms with Crippen LogP contribution in [-0.4, -0.2) is 59.4 Å². The predicted molar refractivity (Wildman–Crippen MR) is 91.3 cm³/mol. The SMILES string of the molecule is COCCC1(CO)CCCN(Cc2cnc(NC(C)C)nc2)C1. The summed E-state index contributed by atoms with van der Waals surface area (Å²) in [4.78, 5) is 11.1. The lowest BCUT2D eigenvalue weighted by Crippen LogP contribution is -2.45. The largest absolute Gasteiger partial charge is 0.396 e. The van der Waals surface area contributed by atoms with Crippen molar-refractivity contribution in [1.82, 2.24) is 14.9 Å². The molecule has 0 radical (unpaired) electrons. The molecule has 6 nitrogen and oxygen atoms in total. The van der Waals surface area contributed by atoms with E-state index in [0.717, 1.165) is 44.5 Å². The van der Waals surface area contributed by atoms with Gasteiger partial charge in [-0.15, -0.1) is 0 Å². The molecule has 6 heteroatoms. The Balaban J connectivity index is 1.93. The van der Waals surface area contributed by atoms with Gasteiger partial charge in [-0.2, -0.15) is 0 Å². The van der Waals surface area contributed by atoms with Gasteiger partial charge in [-0.3, -0.25) is 4.90 Å². The lowest BCUT2D eigenvalue weighted by molar-refractivity contribution is 0.00470. The molecule has 1 saturated heterocycles. The van der Waals surface area contributed by atoms with Gasteiger partial charge < -0.3 is 15.2 Å². The van der Waals surface area contributed by atoms with Crippen molar-refractivity contribution in [1.29, 1.82) is 0 Å². The minimum atomic E-state index is -0.0335. The Labute approximate surface area is 139 Å². The van der Waals surface area contributed by atoms with Crippen molar-refractivity contribution in [3.8, 4) is 0 Å². The monoisotopic (exact) mass is 322 g/mol. The minimum Gasteiger partial charge on any atom is -0.396 e. The second-order valence-electron chi connectivity index (χ2n) is 6.93. The van der Waals surface area contributed by atoms with E-state index < -0.39 is 0 Å². The van der Waals surface area contributed by atoms with Crippen LogP contribution < -0.4 is 5.32 Å². The Kier molecular flexibility index (Phi) is 6.74. The number of likely N-dealkylation sites (tertiary alicyclic amines) is 1. The normalized spacial score (nSPS) is 22.5. The van der Waals surface area contributed by atoms with Crippen molar-refractivity contribution in [3.63, 3.8) is 0 Å². The highest BCUT2D eigenvalue weighted by atomic mass is 16.5. The van der Waals surface area contributed by atoms with Crippen LogP contribution in [0.4, 0.5) is 5.95 Å². The number of rotatable bonds is 8. The van der Waals surface area contributed by atoms with E-state index in [0.29, 0.717) is 18.6 Å². The first-order chi connectivity index (χ1) is 11.1. The van der Waals surface area contributed by atoms with Crippen molar-refractivity contribution in [3.05, 3.63) is 18.0 Å². The molecule has 0 amide bonds. The number of nitrogens with one attached hydrogen (secondary N) is 1. The molecule has 0 saturated carbocycles. The summed E-state index contributed by atoms with van der Waals surface area (Å²) in [5.74, 6) is 0.673. The number of hydrogen-bond acceptors (Lipinski definition) is 6. The highest BCUT2D eigenvalue weighted by molar-refractivity contribution is 5.25. The summed E-state index contributed by atoms with van der Waals surface area (Å²) in [6, 6.07) is 0.328. The summed E-state index contributed by atoms with van der Waals surface area (Å²) < 4.78 is 5.21. The highest BCUT2D eigenvalue weighted by Gasteiger charge is 2.34. The Morgan fingerprint density at radius 3 is 2.74 bits per heavy atom. The van der Waals surface area contributed by atoms with E-state index in [1.54, 1.807) is 7.11 Å². The Hall–Kier alpha value is -1.24. The first kappa shape index (κ1) is 18.1. The molecule has 1 aliphatic heterocycles. The predicted octanol–water partition coefficient (Wildman–Crippen LogP) is 1.91. The van der Waals surface area contributed by atoms with Gasteiger partial charge in [0.25, 0.3) is 0 Å². The number of piperidine rings is 1. The molecule has 1 fully saturated rings. The molecule has 2 N–H and O–H groups in total. The number of nitrogens with zero attached hydrogens (tertiary/aromatic N) is 3. The number of methoxy groups -OCH3 is 1. The zero-order valence-corrected chi connectivity index (χ0v) is 14.6. The molecule has 0 spiro atoms. The third-order valence-corrected chi connectivity index (χ3v) is 4.44. The Morgan fingerprint density at radius 2 is 2.13 bits per heavy atom. The van der Waals surface area contributed by atoms with Gasteiger partial charge in [-0.05, 0) is 39.7 Å². The molecule has 1 atom stereocenters. The standard InChI is InChI=1S/C17H30N4O2/c1-14(2)20-16-18-9-15(10-19-16)11-21-7-4-5-17(12-21,13-22)6-8-23-3/h9-10,14,22H,4-8,11-13H2,1-3H3,(H,18,19,20). The summed E-state index contributed by atoms with van der Waals surface area (Å²) >= 11 is 0. The van der Waals surface area contributed by atoms with Crippen LogP contribution >= 0.6 is 0 Å². The summed E-state index contributed by atoms with van der Waals surface area (Å²) in [5.41, 5.74) is 1.08. The van der Waals surface area contributed by atoms with Crippen molar-refractivity contribution in [2.24, 2.45) is 5.41 Å². The van der Waals surface area contributed by atoms with Gasteiger partial charge in [0.15, 0.2) is 0 Å². The van der Waals surface area contributed by atoms with Crippen molar-refractivity contribution in [2.75, 3.05) is 38.7 Å². The van der Waals surface area contributed by atoms with E-state index in [-0.39, 0.29) is 12.0 Å². The third-order valence-electron chi connectivity index (χ3n) is 4.44. The van der Waals surface area contributed by atoms with E-state index in [1.165, 1.54) is 0 Å².